The zero-order chi connectivity index (χ0) is 5.70. The fraction of sp³-hybridized carbons (Fsp3) is 1.00. The highest BCUT2D eigenvalue weighted by Crippen LogP contribution is 1.73. The van der Waals surface area contributed by atoms with E-state index in [9.17, 15) is 0 Å². The molecule has 2 N–H and O–H groups in total. The summed E-state index contributed by atoms with van der Waals surface area (Å²) in [7, 11) is 1.33. The highest BCUT2D eigenvalue weighted by Gasteiger charge is 1.85. The van der Waals surface area contributed by atoms with Crippen LogP contribution in [0, 0.1) is 0 Å². The van der Waals surface area contributed by atoms with Gasteiger partial charge >= 0.3 is 0 Å². The quantitative estimate of drug-likeness (QED) is 0.465. The van der Waals surface area contributed by atoms with Gasteiger partial charge in [0.15, 0.2) is 0 Å². The first-order chi connectivity index (χ1) is 3.27. The highest BCUT2D eigenvalue weighted by atomic mass is 16.9. The van der Waals surface area contributed by atoms with E-state index >= 15 is 0 Å². The Bertz CT molecular complexity index is 39.2. The molecule has 0 radical (unpaired) electrons. The lowest BCUT2D eigenvalue weighted by atomic mass is 10.8. The van der Waals surface area contributed by atoms with Crippen LogP contribution < -0.4 is 0 Å². The molecular formula is C3H9NO3. The molecule has 4 heteroatoms. The molecule has 0 amide bonds. The summed E-state index contributed by atoms with van der Waals surface area (Å²) in [4.78, 5) is 4.33. The van der Waals surface area contributed by atoms with Gasteiger partial charge in [-0.25, -0.2) is 0 Å². The van der Waals surface area contributed by atoms with Crippen molar-refractivity contribution in [2.75, 3.05) is 20.3 Å². The first-order valence-electron chi connectivity index (χ1n) is 1.93. The Labute approximate surface area is 41.8 Å². The van der Waals surface area contributed by atoms with E-state index in [2.05, 4.69) is 4.84 Å². The molecule has 0 aromatic carbocycles. The van der Waals surface area contributed by atoms with Gasteiger partial charge in [-0.15, -0.1) is 0 Å². The molecule has 4 nitrogen and oxygen atoms in total. The number of aliphatic hydroxyl groups is 1. The predicted molar refractivity (Wildman–Crippen MR) is 22.6 cm³/mol. The Morgan fingerprint density at radius 1 is 1.71 bits per heavy atom. The second-order valence-electron chi connectivity index (χ2n) is 1.02. The summed E-state index contributed by atoms with van der Waals surface area (Å²) in [5.41, 5.74) is 0. The lowest BCUT2D eigenvalue weighted by molar-refractivity contribution is -0.325. The molecule has 0 aliphatic rings. The molecule has 0 spiro atoms. The molecule has 0 atom stereocenters. The molecule has 0 unspecified atom stereocenters. The van der Waals surface area contributed by atoms with Crippen molar-refractivity contribution in [2.45, 2.75) is 0 Å². The maximum Gasteiger partial charge on any atom is 0.0942 e. The molecule has 0 fully saturated rings. The molecule has 0 rings (SSSR count). The Hall–Kier alpha value is -0.160. The van der Waals surface area contributed by atoms with E-state index in [4.69, 9.17) is 10.3 Å². The zero-order valence-electron chi connectivity index (χ0n) is 4.16. The smallest absolute Gasteiger partial charge is 0.0942 e. The standard InChI is InChI=1S/C3H9NO3/c1-4(6)7-3-2-5/h5-6H,2-3H2,1H3. The second-order valence-corrected chi connectivity index (χ2v) is 1.02. The summed E-state index contributed by atoms with van der Waals surface area (Å²) in [5, 5.41) is 16.8. The van der Waals surface area contributed by atoms with Gasteiger partial charge in [0.25, 0.3) is 0 Å². The van der Waals surface area contributed by atoms with E-state index in [-0.39, 0.29) is 13.2 Å². The number of hydrogen-bond donors (Lipinski definition) is 2. The van der Waals surface area contributed by atoms with Crippen LogP contribution in [-0.2, 0) is 4.84 Å². The summed E-state index contributed by atoms with van der Waals surface area (Å²) in [5.74, 6) is 0. The van der Waals surface area contributed by atoms with Crippen LogP contribution in [0.15, 0.2) is 0 Å². The second kappa shape index (κ2) is 4.01. The van der Waals surface area contributed by atoms with Gasteiger partial charge in [0, 0.05) is 7.05 Å². The van der Waals surface area contributed by atoms with Crippen LogP contribution >= 0.6 is 0 Å². The molecule has 0 saturated carbocycles. The van der Waals surface area contributed by atoms with Crippen LogP contribution in [0.3, 0.4) is 0 Å². The van der Waals surface area contributed by atoms with Crippen LogP contribution in [0.1, 0.15) is 0 Å². The van der Waals surface area contributed by atoms with E-state index < -0.39 is 0 Å². The molecular weight excluding hydrogens is 98.0 g/mol. The minimum absolute atomic E-state index is 0.0785. The SMILES string of the molecule is CN(O)OCCO. The van der Waals surface area contributed by atoms with Crippen LogP contribution in [-0.4, -0.2) is 35.8 Å². The normalized spacial score (nSPS) is 10.3. The maximum absolute atomic E-state index is 8.18. The molecule has 0 aromatic rings. The third-order valence-electron chi connectivity index (χ3n) is 0.369. The molecule has 0 heterocycles. The average Bonchev–Trinajstić information content (AvgIpc) is 1.61. The van der Waals surface area contributed by atoms with Gasteiger partial charge in [-0.1, -0.05) is 5.23 Å². The van der Waals surface area contributed by atoms with Crippen molar-refractivity contribution in [1.29, 1.82) is 0 Å². The fourth-order valence-corrected chi connectivity index (χ4v) is 0.173. The van der Waals surface area contributed by atoms with Gasteiger partial charge in [-0.3, -0.25) is 10.0 Å². The molecule has 0 aromatic heterocycles. The van der Waals surface area contributed by atoms with E-state index in [1.54, 1.807) is 0 Å². The van der Waals surface area contributed by atoms with Gasteiger partial charge in [0.1, 0.15) is 0 Å². The minimum atomic E-state index is -0.0785. The third-order valence-corrected chi connectivity index (χ3v) is 0.369. The Morgan fingerprint density at radius 2 is 2.29 bits per heavy atom. The van der Waals surface area contributed by atoms with Crippen molar-refractivity contribution in [3.63, 3.8) is 0 Å². The first kappa shape index (κ1) is 6.84. The van der Waals surface area contributed by atoms with E-state index in [1.807, 2.05) is 0 Å². The van der Waals surface area contributed by atoms with Crippen molar-refractivity contribution >= 4 is 0 Å². The summed E-state index contributed by atoms with van der Waals surface area (Å²) >= 11 is 0. The first-order valence-corrected chi connectivity index (χ1v) is 1.93. The minimum Gasteiger partial charge on any atom is -0.394 e. The molecule has 7 heavy (non-hydrogen) atoms. The van der Waals surface area contributed by atoms with Crippen molar-refractivity contribution in [2.24, 2.45) is 0 Å². The molecule has 0 aliphatic heterocycles. The average molecular weight is 107 g/mol. The van der Waals surface area contributed by atoms with Crippen molar-refractivity contribution in [1.82, 2.24) is 5.23 Å². The maximum atomic E-state index is 8.18. The van der Waals surface area contributed by atoms with Gasteiger partial charge in [-0.05, 0) is 0 Å². The molecule has 0 saturated heterocycles. The third kappa shape index (κ3) is 5.84. The van der Waals surface area contributed by atoms with E-state index in [1.165, 1.54) is 7.05 Å². The number of nitrogens with zero attached hydrogens (tertiary/aromatic N) is 1. The van der Waals surface area contributed by atoms with Gasteiger partial charge in [-0.2, -0.15) is 0 Å². The van der Waals surface area contributed by atoms with Crippen LogP contribution in [0.25, 0.3) is 0 Å². The number of aliphatic hydroxyl groups excluding tert-OH is 1. The number of hydroxylamine groups is 2. The number of rotatable bonds is 3. The predicted octanol–water partition coefficient (Wildman–Crippen LogP) is -0.769. The van der Waals surface area contributed by atoms with Gasteiger partial charge in [0.2, 0.25) is 0 Å². The number of hydrogen-bond acceptors (Lipinski definition) is 4. The largest absolute Gasteiger partial charge is 0.394 e. The zero-order valence-corrected chi connectivity index (χ0v) is 4.16. The topological polar surface area (TPSA) is 52.9 Å². The van der Waals surface area contributed by atoms with E-state index in [0.29, 0.717) is 5.23 Å². The molecule has 44 valence electrons. The molecule has 0 aliphatic carbocycles. The summed E-state index contributed by atoms with van der Waals surface area (Å²) in [6.07, 6.45) is 0. The van der Waals surface area contributed by atoms with Crippen molar-refractivity contribution < 1.29 is 15.2 Å². The van der Waals surface area contributed by atoms with Gasteiger partial charge < -0.3 is 5.11 Å². The monoisotopic (exact) mass is 107 g/mol. The summed E-state index contributed by atoms with van der Waals surface area (Å²) < 4.78 is 0. The molecule has 0 bridgehead atoms. The Kier molecular flexibility index (Phi) is 3.92. The summed E-state index contributed by atoms with van der Waals surface area (Å²) in [6.45, 7) is 0.0535. The lowest BCUT2D eigenvalue weighted by Crippen LogP contribution is -2.15. The highest BCUT2D eigenvalue weighted by molar-refractivity contribution is 4.13. The fourth-order valence-electron chi connectivity index (χ4n) is 0.173. The van der Waals surface area contributed by atoms with Crippen LogP contribution in [0.4, 0.5) is 0 Å². The summed E-state index contributed by atoms with van der Waals surface area (Å²) in [6, 6.07) is 0. The van der Waals surface area contributed by atoms with Crippen molar-refractivity contribution in [3.8, 4) is 0 Å². The van der Waals surface area contributed by atoms with Crippen LogP contribution in [0.5, 0.6) is 0 Å². The lowest BCUT2D eigenvalue weighted by Gasteiger charge is -2.04. The Morgan fingerprint density at radius 3 is 2.43 bits per heavy atom. The Balaban J connectivity index is 2.68. The van der Waals surface area contributed by atoms with Crippen LogP contribution in [0.2, 0.25) is 0 Å². The van der Waals surface area contributed by atoms with E-state index in [0.717, 1.165) is 0 Å². The van der Waals surface area contributed by atoms with Crippen molar-refractivity contribution in [3.05, 3.63) is 0 Å². The van der Waals surface area contributed by atoms with Gasteiger partial charge in [0.05, 0.1) is 13.2 Å².